The van der Waals surface area contributed by atoms with Crippen molar-refractivity contribution in [3.8, 4) is 0 Å². The van der Waals surface area contributed by atoms with Crippen LogP contribution in [0, 0.1) is 11.6 Å². The van der Waals surface area contributed by atoms with Crippen LogP contribution in [0.25, 0.3) is 0 Å². The van der Waals surface area contributed by atoms with Crippen LogP contribution >= 0.6 is 0 Å². The molecule has 1 fully saturated rings. The van der Waals surface area contributed by atoms with Crippen molar-refractivity contribution in [1.82, 2.24) is 10.2 Å². The first-order valence-corrected chi connectivity index (χ1v) is 6.58. The van der Waals surface area contributed by atoms with Gasteiger partial charge in [0.1, 0.15) is 11.6 Å². The Kier molecular flexibility index (Phi) is 5.03. The lowest BCUT2D eigenvalue weighted by molar-refractivity contribution is -0.137. The maximum Gasteiger partial charge on any atom is 0.227 e. The molecule has 20 heavy (non-hydrogen) atoms. The number of ether oxygens (including phenoxy) is 1. The number of morpholine rings is 1. The fourth-order valence-corrected chi connectivity index (χ4v) is 2.26. The van der Waals surface area contributed by atoms with Gasteiger partial charge in [-0.15, -0.1) is 0 Å². The number of halogens is 2. The maximum atomic E-state index is 13.5. The van der Waals surface area contributed by atoms with Crippen molar-refractivity contribution in [2.45, 2.75) is 12.5 Å². The summed E-state index contributed by atoms with van der Waals surface area (Å²) in [5, 5.41) is 2.98. The molecule has 1 heterocycles. The summed E-state index contributed by atoms with van der Waals surface area (Å²) in [5.41, 5.74) is -0.172. The van der Waals surface area contributed by atoms with E-state index < -0.39 is 11.6 Å². The van der Waals surface area contributed by atoms with Gasteiger partial charge in [0.05, 0.1) is 19.1 Å². The third kappa shape index (κ3) is 3.52. The van der Waals surface area contributed by atoms with Crippen LogP contribution in [0.1, 0.15) is 5.56 Å². The maximum absolute atomic E-state index is 13.5. The third-order valence-electron chi connectivity index (χ3n) is 3.31. The van der Waals surface area contributed by atoms with Crippen LogP contribution in [0.5, 0.6) is 0 Å². The van der Waals surface area contributed by atoms with Crippen LogP contribution in [0.15, 0.2) is 18.2 Å². The van der Waals surface area contributed by atoms with Gasteiger partial charge < -0.3 is 15.0 Å². The molecule has 1 saturated heterocycles. The summed E-state index contributed by atoms with van der Waals surface area (Å²) in [6.07, 6.45) is -0.340. The minimum atomic E-state index is -0.682. The Hall–Kier alpha value is -1.53. The summed E-state index contributed by atoms with van der Waals surface area (Å²) >= 11 is 0. The summed E-state index contributed by atoms with van der Waals surface area (Å²) in [7, 11) is 1.80. The predicted octanol–water partition coefficient (Wildman–Crippen LogP) is 0.954. The first-order chi connectivity index (χ1) is 9.61. The number of hydrogen-bond acceptors (Lipinski definition) is 3. The summed E-state index contributed by atoms with van der Waals surface area (Å²) in [6, 6.07) is 3.61. The molecule has 6 heteroatoms. The minimum absolute atomic E-state index is 0.0804. The summed E-state index contributed by atoms with van der Waals surface area (Å²) in [4.78, 5) is 13.7. The van der Waals surface area contributed by atoms with Crippen molar-refractivity contribution >= 4 is 5.91 Å². The molecule has 0 spiro atoms. The van der Waals surface area contributed by atoms with Crippen molar-refractivity contribution in [2.75, 3.05) is 33.3 Å². The molecule has 1 amide bonds. The van der Waals surface area contributed by atoms with Crippen molar-refractivity contribution in [3.63, 3.8) is 0 Å². The SMILES string of the molecule is CNCC1CN(C(=O)Cc2c(F)cccc2F)CCO1. The Morgan fingerprint density at radius 3 is 2.80 bits per heavy atom. The molecule has 1 aromatic carbocycles. The van der Waals surface area contributed by atoms with E-state index in [0.717, 1.165) is 12.1 Å². The Labute approximate surface area is 116 Å². The average Bonchev–Trinajstić information content (AvgIpc) is 2.43. The van der Waals surface area contributed by atoms with Crippen LogP contribution < -0.4 is 5.32 Å². The molecule has 1 aliphatic heterocycles. The predicted molar refractivity (Wildman–Crippen MR) is 70.3 cm³/mol. The molecule has 110 valence electrons. The second-order valence-corrected chi connectivity index (χ2v) is 4.77. The standard InChI is InChI=1S/C14H18F2N2O2/c1-17-8-10-9-18(5-6-20-10)14(19)7-11-12(15)3-2-4-13(11)16/h2-4,10,17H,5-9H2,1H3. The molecular formula is C14H18F2N2O2. The molecule has 1 aromatic rings. The highest BCUT2D eigenvalue weighted by molar-refractivity contribution is 5.79. The van der Waals surface area contributed by atoms with Crippen molar-refractivity contribution < 1.29 is 18.3 Å². The Balaban J connectivity index is 2.01. The van der Waals surface area contributed by atoms with Gasteiger partial charge in [-0.05, 0) is 19.2 Å². The number of amides is 1. The highest BCUT2D eigenvalue weighted by Crippen LogP contribution is 2.15. The van der Waals surface area contributed by atoms with Crippen LogP contribution in [0.3, 0.4) is 0 Å². The van der Waals surface area contributed by atoms with E-state index in [9.17, 15) is 13.6 Å². The van der Waals surface area contributed by atoms with E-state index >= 15 is 0 Å². The average molecular weight is 284 g/mol. The zero-order valence-electron chi connectivity index (χ0n) is 11.4. The van der Waals surface area contributed by atoms with Crippen LogP contribution in [0.4, 0.5) is 8.78 Å². The first-order valence-electron chi connectivity index (χ1n) is 6.58. The van der Waals surface area contributed by atoms with Gasteiger partial charge in [0.2, 0.25) is 5.91 Å². The number of benzene rings is 1. The molecule has 0 bridgehead atoms. The fourth-order valence-electron chi connectivity index (χ4n) is 2.26. The molecule has 1 atom stereocenters. The molecule has 4 nitrogen and oxygen atoms in total. The van der Waals surface area contributed by atoms with Gasteiger partial charge in [0.25, 0.3) is 0 Å². The van der Waals surface area contributed by atoms with Gasteiger partial charge in [-0.25, -0.2) is 8.78 Å². The second kappa shape index (κ2) is 6.76. The van der Waals surface area contributed by atoms with Gasteiger partial charge in [-0.2, -0.15) is 0 Å². The van der Waals surface area contributed by atoms with Gasteiger partial charge in [0, 0.05) is 25.2 Å². The highest BCUT2D eigenvalue weighted by atomic mass is 19.1. The second-order valence-electron chi connectivity index (χ2n) is 4.77. The number of carbonyl (C=O) groups excluding carboxylic acids is 1. The van der Waals surface area contributed by atoms with Gasteiger partial charge >= 0.3 is 0 Å². The number of hydrogen-bond donors (Lipinski definition) is 1. The number of rotatable bonds is 4. The topological polar surface area (TPSA) is 41.6 Å². The Morgan fingerprint density at radius 2 is 2.15 bits per heavy atom. The molecule has 0 saturated carbocycles. The molecule has 0 aromatic heterocycles. The molecular weight excluding hydrogens is 266 g/mol. The van der Waals surface area contributed by atoms with E-state index in [1.54, 1.807) is 11.9 Å². The van der Waals surface area contributed by atoms with E-state index in [4.69, 9.17) is 4.74 Å². The molecule has 1 aliphatic rings. The van der Waals surface area contributed by atoms with Crippen molar-refractivity contribution in [2.24, 2.45) is 0 Å². The lowest BCUT2D eigenvalue weighted by atomic mass is 10.1. The van der Waals surface area contributed by atoms with E-state index in [-0.39, 0.29) is 24.0 Å². The number of nitrogens with zero attached hydrogens (tertiary/aromatic N) is 1. The van der Waals surface area contributed by atoms with E-state index in [0.29, 0.717) is 26.2 Å². The zero-order chi connectivity index (χ0) is 14.5. The molecule has 0 aliphatic carbocycles. The Bertz CT molecular complexity index is 460. The van der Waals surface area contributed by atoms with E-state index in [1.165, 1.54) is 6.07 Å². The monoisotopic (exact) mass is 284 g/mol. The number of likely N-dealkylation sites (N-methyl/N-ethyl adjacent to an activating group) is 1. The largest absolute Gasteiger partial charge is 0.373 e. The number of nitrogens with one attached hydrogen (secondary N) is 1. The summed E-state index contributed by atoms with van der Waals surface area (Å²) in [5.74, 6) is -1.64. The third-order valence-corrected chi connectivity index (χ3v) is 3.31. The quantitative estimate of drug-likeness (QED) is 0.895. The lowest BCUT2D eigenvalue weighted by Gasteiger charge is -2.33. The fraction of sp³-hybridized carbons (Fsp3) is 0.500. The van der Waals surface area contributed by atoms with Crippen molar-refractivity contribution in [3.05, 3.63) is 35.4 Å². The van der Waals surface area contributed by atoms with Gasteiger partial charge in [-0.3, -0.25) is 4.79 Å². The van der Waals surface area contributed by atoms with Gasteiger partial charge in [-0.1, -0.05) is 6.07 Å². The zero-order valence-corrected chi connectivity index (χ0v) is 11.4. The minimum Gasteiger partial charge on any atom is -0.373 e. The first kappa shape index (κ1) is 14.9. The van der Waals surface area contributed by atoms with Crippen molar-refractivity contribution in [1.29, 1.82) is 0 Å². The van der Waals surface area contributed by atoms with Gasteiger partial charge in [0.15, 0.2) is 0 Å². The van der Waals surface area contributed by atoms with Crippen LogP contribution in [-0.4, -0.2) is 50.2 Å². The smallest absolute Gasteiger partial charge is 0.227 e. The van der Waals surface area contributed by atoms with Crippen LogP contribution in [-0.2, 0) is 16.0 Å². The lowest BCUT2D eigenvalue weighted by Crippen LogP contribution is -2.49. The number of carbonyl (C=O) groups is 1. The molecule has 1 N–H and O–H groups in total. The highest BCUT2D eigenvalue weighted by Gasteiger charge is 2.25. The molecule has 0 radical (unpaired) electrons. The normalized spacial score (nSPS) is 19.1. The van der Waals surface area contributed by atoms with Crippen LogP contribution in [0.2, 0.25) is 0 Å². The van der Waals surface area contributed by atoms with E-state index in [1.807, 2.05) is 0 Å². The molecule has 1 unspecified atom stereocenters. The Morgan fingerprint density at radius 1 is 1.45 bits per heavy atom. The summed E-state index contributed by atoms with van der Waals surface area (Å²) in [6.45, 7) is 1.97. The summed E-state index contributed by atoms with van der Waals surface area (Å²) < 4.78 is 32.6. The molecule has 2 rings (SSSR count). The van der Waals surface area contributed by atoms with E-state index in [2.05, 4.69) is 5.32 Å².